The largest absolute Gasteiger partial charge is 0.744 e. The molecule has 0 aliphatic heterocycles. The molecule has 6 aromatic rings. The summed E-state index contributed by atoms with van der Waals surface area (Å²) in [5, 5.41) is 0. The van der Waals surface area contributed by atoms with Gasteiger partial charge in [0.25, 0.3) is 0 Å². The number of rotatable bonds is 6. The Morgan fingerprint density at radius 1 is 0.429 bits per heavy atom. The van der Waals surface area contributed by atoms with Crippen LogP contribution in [0.3, 0.4) is 0 Å². The maximum atomic E-state index is 10.4. The van der Waals surface area contributed by atoms with Crippen LogP contribution in [-0.4, -0.2) is 13.0 Å². The van der Waals surface area contributed by atoms with Crippen LogP contribution in [0.2, 0.25) is 0 Å². The average molecular weight is 587 g/mol. The quantitative estimate of drug-likeness (QED) is 0.145. The zero-order chi connectivity index (χ0) is 29.4. The molecule has 0 amide bonds. The zero-order valence-corrected chi connectivity index (χ0v) is 24.8. The summed E-state index contributed by atoms with van der Waals surface area (Å²) in [6, 6.07) is 55.8. The van der Waals surface area contributed by atoms with Gasteiger partial charge in [-0.3, -0.25) is 0 Å². The van der Waals surface area contributed by atoms with Crippen LogP contribution in [0.15, 0.2) is 183 Å². The predicted molar refractivity (Wildman–Crippen MR) is 172 cm³/mol. The fourth-order valence-electron chi connectivity index (χ4n) is 4.50. The van der Waals surface area contributed by atoms with Crippen LogP contribution in [-0.2, 0) is 21.0 Å². The first-order valence-corrected chi connectivity index (χ1v) is 16.1. The summed E-state index contributed by atoms with van der Waals surface area (Å²) in [6.45, 7) is 1.82. The van der Waals surface area contributed by atoms with Gasteiger partial charge in [0.1, 0.15) is 10.1 Å². The summed E-state index contributed by atoms with van der Waals surface area (Å²) in [7, 11) is -4.41. The van der Waals surface area contributed by atoms with Crippen molar-refractivity contribution >= 4 is 21.0 Å². The van der Waals surface area contributed by atoms with Crippen molar-refractivity contribution in [2.75, 3.05) is 0 Å². The molecule has 0 aliphatic rings. The van der Waals surface area contributed by atoms with Gasteiger partial charge in [0, 0.05) is 0 Å². The Kier molecular flexibility index (Phi) is 9.35. The summed E-state index contributed by atoms with van der Waals surface area (Å²) in [4.78, 5) is 3.82. The molecule has 0 aromatic heterocycles. The Labute approximate surface area is 251 Å². The van der Waals surface area contributed by atoms with Gasteiger partial charge in [0.05, 0.1) is 15.8 Å². The third-order valence-corrected chi connectivity index (χ3v) is 9.76. The van der Waals surface area contributed by atoms with Crippen LogP contribution in [0.5, 0.6) is 0 Å². The lowest BCUT2D eigenvalue weighted by atomic mass is 10.1. The Balaban J connectivity index is 0.000000271. The number of hydrogen-bond donors (Lipinski definition) is 0. The van der Waals surface area contributed by atoms with Gasteiger partial charge in [0.15, 0.2) is 14.7 Å². The molecule has 0 spiro atoms. The normalized spacial score (nSPS) is 11.0. The van der Waals surface area contributed by atoms with Crippen molar-refractivity contribution in [2.45, 2.75) is 26.5 Å². The van der Waals surface area contributed by atoms with Crippen LogP contribution in [0.25, 0.3) is 22.3 Å². The molecular weight excluding hydrogens is 557 g/mol. The lowest BCUT2D eigenvalue weighted by Gasteiger charge is -2.10. The van der Waals surface area contributed by atoms with E-state index in [1.807, 2.05) is 6.92 Å². The van der Waals surface area contributed by atoms with E-state index in [9.17, 15) is 13.0 Å². The van der Waals surface area contributed by atoms with Crippen molar-refractivity contribution < 1.29 is 13.0 Å². The Bertz CT molecular complexity index is 1720. The van der Waals surface area contributed by atoms with Crippen LogP contribution in [0, 0.1) is 6.92 Å². The highest BCUT2D eigenvalue weighted by atomic mass is 32.2. The van der Waals surface area contributed by atoms with E-state index in [1.54, 1.807) is 12.1 Å². The fourth-order valence-corrected chi connectivity index (χ4v) is 7.03. The van der Waals surface area contributed by atoms with E-state index in [-0.39, 0.29) is 15.8 Å². The van der Waals surface area contributed by atoms with Crippen LogP contribution in [0.1, 0.15) is 5.56 Å². The number of hydrogen-bond acceptors (Lipinski definition) is 3. The first kappa shape index (κ1) is 29.1. The number of benzene rings is 6. The van der Waals surface area contributed by atoms with Gasteiger partial charge in [-0.15, -0.1) is 0 Å². The maximum absolute atomic E-state index is 10.4. The second-order valence-electron chi connectivity index (χ2n) is 9.67. The minimum Gasteiger partial charge on any atom is -0.744 e. The SMILES string of the molecule is Cc1ccc(S(=O)(=O)[O-])cc1.c1ccc(-c2ccc([S+](c3ccccc3)c3ccc(-c4ccccc4)cc3)cc2)cc1. The first-order chi connectivity index (χ1) is 20.4. The van der Waals surface area contributed by atoms with Gasteiger partial charge in [0.2, 0.25) is 0 Å². The third-order valence-electron chi connectivity index (χ3n) is 6.68. The summed E-state index contributed by atoms with van der Waals surface area (Å²) < 4.78 is 31.2. The lowest BCUT2D eigenvalue weighted by molar-refractivity contribution is 0.463. The van der Waals surface area contributed by atoms with E-state index < -0.39 is 10.1 Å². The van der Waals surface area contributed by atoms with Crippen molar-refractivity contribution in [1.82, 2.24) is 0 Å². The lowest BCUT2D eigenvalue weighted by Crippen LogP contribution is -2.04. The fraction of sp³-hybridized carbons (Fsp3) is 0.0270. The van der Waals surface area contributed by atoms with E-state index in [0.717, 1.165) is 5.56 Å². The monoisotopic (exact) mass is 586 g/mol. The first-order valence-electron chi connectivity index (χ1n) is 13.5. The Hall–Kier alpha value is -4.42. The molecule has 0 heterocycles. The molecule has 3 nitrogen and oxygen atoms in total. The summed E-state index contributed by atoms with van der Waals surface area (Å²) in [5.41, 5.74) is 5.93. The molecule has 0 atom stereocenters. The van der Waals surface area contributed by atoms with Crippen molar-refractivity contribution in [3.8, 4) is 22.3 Å². The molecule has 0 bridgehead atoms. The zero-order valence-electron chi connectivity index (χ0n) is 23.1. The second kappa shape index (κ2) is 13.5. The van der Waals surface area contributed by atoms with Gasteiger partial charge in [-0.1, -0.05) is 96.6 Å². The van der Waals surface area contributed by atoms with E-state index in [4.69, 9.17) is 0 Å². The molecule has 6 rings (SSSR count). The van der Waals surface area contributed by atoms with Gasteiger partial charge < -0.3 is 4.55 Å². The van der Waals surface area contributed by atoms with Crippen LogP contribution in [0.4, 0.5) is 0 Å². The molecule has 0 unspecified atom stereocenters. The molecule has 0 N–H and O–H groups in total. The minimum atomic E-state index is -4.27. The average Bonchev–Trinajstić information content (AvgIpc) is 3.03. The maximum Gasteiger partial charge on any atom is 0.166 e. The van der Waals surface area contributed by atoms with Gasteiger partial charge in [-0.05, 0) is 102 Å². The van der Waals surface area contributed by atoms with Gasteiger partial charge in [-0.25, -0.2) is 8.42 Å². The summed E-state index contributed by atoms with van der Waals surface area (Å²) >= 11 is 0. The molecule has 0 saturated carbocycles. The molecular formula is C37H30O3S2. The van der Waals surface area contributed by atoms with Crippen LogP contribution < -0.4 is 0 Å². The number of aryl methyl sites for hydroxylation is 1. The minimum absolute atomic E-state index is 0.144. The molecule has 208 valence electrons. The molecule has 0 radical (unpaired) electrons. The van der Waals surface area contributed by atoms with E-state index in [1.165, 1.54) is 49.1 Å². The summed E-state index contributed by atoms with van der Waals surface area (Å²) in [6.07, 6.45) is 0. The molecule has 0 saturated heterocycles. The molecule has 42 heavy (non-hydrogen) atoms. The van der Waals surface area contributed by atoms with E-state index in [0.29, 0.717) is 0 Å². The van der Waals surface area contributed by atoms with Gasteiger partial charge in [-0.2, -0.15) is 0 Å². The summed E-state index contributed by atoms with van der Waals surface area (Å²) in [5.74, 6) is 0. The topological polar surface area (TPSA) is 57.2 Å². The highest BCUT2D eigenvalue weighted by Crippen LogP contribution is 2.33. The molecule has 6 aromatic carbocycles. The van der Waals surface area contributed by atoms with Crippen molar-refractivity contribution in [3.63, 3.8) is 0 Å². The third kappa shape index (κ3) is 7.45. The smallest absolute Gasteiger partial charge is 0.166 e. The van der Waals surface area contributed by atoms with Gasteiger partial charge >= 0.3 is 0 Å². The predicted octanol–water partition coefficient (Wildman–Crippen LogP) is 9.02. The molecule has 5 heteroatoms. The van der Waals surface area contributed by atoms with Crippen molar-refractivity contribution in [3.05, 3.63) is 169 Å². The molecule has 0 aliphatic carbocycles. The second-order valence-corrected chi connectivity index (χ2v) is 13.1. The van der Waals surface area contributed by atoms with Crippen molar-refractivity contribution in [1.29, 1.82) is 0 Å². The van der Waals surface area contributed by atoms with E-state index in [2.05, 4.69) is 140 Å². The van der Waals surface area contributed by atoms with Crippen molar-refractivity contribution in [2.24, 2.45) is 0 Å². The Morgan fingerprint density at radius 3 is 1.14 bits per heavy atom. The molecule has 0 fully saturated rings. The van der Waals surface area contributed by atoms with E-state index >= 15 is 0 Å². The highest BCUT2D eigenvalue weighted by Gasteiger charge is 2.28. The Morgan fingerprint density at radius 2 is 0.762 bits per heavy atom. The highest BCUT2D eigenvalue weighted by molar-refractivity contribution is 7.97. The van der Waals surface area contributed by atoms with Crippen LogP contribution >= 0.6 is 0 Å². The standard InChI is InChI=1S/C30H23S.C7H8O3S/c1-4-10-24(11-5-1)26-16-20-29(21-17-26)31(28-14-8-3-9-15-28)30-22-18-27(19-23-30)25-12-6-2-7-13-25;1-6-2-4-7(5-3-6)11(8,9)10/h1-23H;2-5H,1H3,(H,8,9,10)/q+1;/p-1.